The fourth-order valence-electron chi connectivity index (χ4n) is 7.50. The molecule has 2 aromatic carbocycles. The van der Waals surface area contributed by atoms with Gasteiger partial charge in [0.25, 0.3) is 0 Å². The van der Waals surface area contributed by atoms with Crippen molar-refractivity contribution in [1.82, 2.24) is 30.7 Å². The molecule has 402 valence electrons. The molecule has 0 saturated heterocycles. The first kappa shape index (κ1) is 61.0. The molecule has 5 atom stereocenters. The van der Waals surface area contributed by atoms with Crippen LogP contribution in [0.25, 0.3) is 11.1 Å². The van der Waals surface area contributed by atoms with E-state index in [9.17, 15) is 42.7 Å². The van der Waals surface area contributed by atoms with Crippen molar-refractivity contribution >= 4 is 59.1 Å². The second-order valence-corrected chi connectivity index (χ2v) is 22.0. The number of primary amides is 1. The fraction of sp³-hybridized carbons (Fsp3) is 0.538. The van der Waals surface area contributed by atoms with Crippen molar-refractivity contribution in [2.75, 3.05) is 24.6 Å². The third-order valence-electron chi connectivity index (χ3n) is 10.7. The molecule has 3 aromatic rings. The molecule has 1 aromatic heterocycles. The molecule has 3 rings (SSSR count). The number of thioether (sulfide) groups is 1. The summed E-state index contributed by atoms with van der Waals surface area (Å²) in [4.78, 5) is 106. The highest BCUT2D eigenvalue weighted by Crippen LogP contribution is 2.41. The Kier molecular flexibility index (Phi) is 22.6. The first-order valence-corrected chi connectivity index (χ1v) is 25.2. The summed E-state index contributed by atoms with van der Waals surface area (Å²) < 4.78 is 42.8. The Morgan fingerprint density at radius 1 is 0.781 bits per heavy atom. The maximum Gasteiger partial charge on any atom is 0.329 e. The van der Waals surface area contributed by atoms with Crippen LogP contribution in [0.15, 0.2) is 60.8 Å². The van der Waals surface area contributed by atoms with Crippen molar-refractivity contribution in [1.29, 1.82) is 0 Å². The Balaban J connectivity index is 1.96. The number of esters is 2. The lowest BCUT2D eigenvalue weighted by Gasteiger charge is -2.41. The maximum atomic E-state index is 15.4. The minimum atomic E-state index is -1.41. The predicted octanol–water partition coefficient (Wildman–Crippen LogP) is 4.80. The molecule has 0 aliphatic heterocycles. The van der Waals surface area contributed by atoms with Crippen molar-refractivity contribution in [2.45, 2.75) is 150 Å². The zero-order valence-electron chi connectivity index (χ0n) is 43.8. The minimum Gasteiger partial charge on any atom is -0.460 e. The van der Waals surface area contributed by atoms with E-state index < -0.39 is 113 Å². The van der Waals surface area contributed by atoms with E-state index in [1.165, 1.54) is 13.8 Å². The van der Waals surface area contributed by atoms with Crippen LogP contribution < -0.4 is 32.7 Å². The number of nitrogens with zero attached hydrogens (tertiary/aromatic N) is 2. The Hall–Kier alpha value is -6.35. The zero-order valence-corrected chi connectivity index (χ0v) is 44.6. The first-order chi connectivity index (χ1) is 33.8. The topological polar surface area (TPSA) is 263 Å². The summed E-state index contributed by atoms with van der Waals surface area (Å²) in [5, 5.41) is 10.2. The molecule has 0 unspecified atom stereocenters. The molecule has 8 N–H and O–H groups in total. The van der Waals surface area contributed by atoms with Gasteiger partial charge in [0.1, 0.15) is 41.0 Å². The number of carbonyl (C=O) groups is 8. The molecule has 21 heteroatoms. The molecular weight excluding hydrogens is 967 g/mol. The van der Waals surface area contributed by atoms with Gasteiger partial charge in [0.05, 0.1) is 30.7 Å². The third-order valence-corrected chi connectivity index (χ3v) is 11.6. The number of hydrogen-bond acceptors (Lipinski definition) is 12. The molecule has 0 radical (unpaired) electrons. The van der Waals surface area contributed by atoms with Crippen molar-refractivity contribution in [3.8, 4) is 11.1 Å². The molecule has 18 nitrogen and oxygen atoms in total. The van der Waals surface area contributed by atoms with Gasteiger partial charge in [0.2, 0.25) is 35.4 Å². The number of amides is 6. The summed E-state index contributed by atoms with van der Waals surface area (Å²) in [6.07, 6.45) is 0.668. The minimum absolute atomic E-state index is 0.0125. The molecule has 1 heterocycles. The van der Waals surface area contributed by atoms with Crippen LogP contribution in [0.5, 0.6) is 0 Å². The Labute approximate surface area is 431 Å². The highest BCUT2D eigenvalue weighted by atomic mass is 32.2. The Bertz CT molecular complexity index is 2410. The van der Waals surface area contributed by atoms with Crippen LogP contribution in [0.3, 0.4) is 0 Å². The second kappa shape index (κ2) is 27.1. The molecule has 6 amide bonds. The highest BCUT2D eigenvalue weighted by molar-refractivity contribution is 7.99. The van der Waals surface area contributed by atoms with E-state index in [0.717, 1.165) is 35.5 Å². The molecular formula is C52H74F2N8O10S. The van der Waals surface area contributed by atoms with Gasteiger partial charge < -0.3 is 51.7 Å². The number of nitrogens with two attached hydrogens (primary N) is 2. The average Bonchev–Trinajstić information content (AvgIpc) is 3.66. The first-order valence-electron chi connectivity index (χ1n) is 24.1. The molecule has 0 fully saturated rings. The lowest BCUT2D eigenvalue weighted by atomic mass is 9.83. The monoisotopic (exact) mass is 1040 g/mol. The van der Waals surface area contributed by atoms with E-state index in [-0.39, 0.29) is 48.9 Å². The number of carbonyl (C=O) groups excluding carboxylic acids is 8. The molecule has 0 aliphatic rings. The number of nitrogens with one attached hydrogen (secondary N) is 4. The number of ether oxygens (including phenoxy) is 2. The van der Waals surface area contributed by atoms with Crippen molar-refractivity contribution in [2.24, 2.45) is 16.9 Å². The lowest BCUT2D eigenvalue weighted by molar-refractivity contribution is -0.165. The van der Waals surface area contributed by atoms with Gasteiger partial charge in [-0.15, -0.1) is 0 Å². The Morgan fingerprint density at radius 3 is 2.01 bits per heavy atom. The molecule has 0 bridgehead atoms. The van der Waals surface area contributed by atoms with Crippen LogP contribution in [0, 0.1) is 17.0 Å². The zero-order chi connectivity index (χ0) is 55.0. The van der Waals surface area contributed by atoms with Crippen LogP contribution in [0.2, 0.25) is 0 Å². The number of rotatable bonds is 25. The summed E-state index contributed by atoms with van der Waals surface area (Å²) in [6, 6.07) is 8.80. The summed E-state index contributed by atoms with van der Waals surface area (Å²) in [5.41, 5.74) is 10.4. The van der Waals surface area contributed by atoms with E-state index in [1.807, 2.05) is 55.7 Å². The summed E-state index contributed by atoms with van der Waals surface area (Å²) >= 11 is 1.14. The lowest BCUT2D eigenvalue weighted by Crippen LogP contribution is -2.55. The fourth-order valence-corrected chi connectivity index (χ4v) is 8.32. The molecule has 0 saturated carbocycles. The number of halogens is 2. The van der Waals surface area contributed by atoms with Gasteiger partial charge in [-0.05, 0) is 97.1 Å². The Morgan fingerprint density at radius 2 is 1.42 bits per heavy atom. The average molecular weight is 1040 g/mol. The largest absolute Gasteiger partial charge is 0.460 e. The van der Waals surface area contributed by atoms with E-state index in [1.54, 1.807) is 58.7 Å². The van der Waals surface area contributed by atoms with Gasteiger partial charge in [-0.3, -0.25) is 33.6 Å². The van der Waals surface area contributed by atoms with Gasteiger partial charge in [-0.25, -0.2) is 13.6 Å². The molecule has 73 heavy (non-hydrogen) atoms. The smallest absolute Gasteiger partial charge is 0.329 e. The second-order valence-electron chi connectivity index (χ2n) is 20.9. The van der Waals surface area contributed by atoms with Gasteiger partial charge in [0, 0.05) is 54.8 Å². The predicted molar refractivity (Wildman–Crippen MR) is 274 cm³/mol. The van der Waals surface area contributed by atoms with Gasteiger partial charge >= 0.3 is 11.9 Å². The van der Waals surface area contributed by atoms with Crippen LogP contribution >= 0.6 is 11.8 Å². The van der Waals surface area contributed by atoms with E-state index in [0.29, 0.717) is 17.8 Å². The van der Waals surface area contributed by atoms with Crippen molar-refractivity contribution in [3.63, 3.8) is 0 Å². The van der Waals surface area contributed by atoms with E-state index >= 15 is 4.39 Å². The quantitative estimate of drug-likeness (QED) is 0.0494. The standard InChI is InChI=1S/C52H74F2N8O10S/c1-31(55)46(67)58-32(2)47(68)60-38(26-41(56)63)48(69)57-21-15-22-62(43(65)30-73-23-20-42(64)59-39(49(70)72-52(9,10)11)27-44(66)71-51(6,7)8)45(50(3,4)5)40-24-34(36-25-35(53)18-19-37(36)54)29-61(40)28-33-16-13-12-14-17-33/h12-14,16-19,24-25,29,31-32,38-39,45H,15,20-23,26-28,30,55H2,1-11H3,(H2,56,63)(H,57,69)(H,58,67)(H,59,64)(H,60,68)/t31-,32+,38-,39+,45-/m0/s1. The van der Waals surface area contributed by atoms with Crippen LogP contribution in [-0.4, -0.2) is 117 Å². The normalized spacial score (nSPS) is 13.8. The van der Waals surface area contributed by atoms with Gasteiger partial charge in [-0.1, -0.05) is 51.1 Å². The number of benzene rings is 2. The van der Waals surface area contributed by atoms with Crippen LogP contribution in [-0.2, 0) is 54.4 Å². The number of hydrogen-bond donors (Lipinski definition) is 6. The van der Waals surface area contributed by atoms with E-state index in [4.69, 9.17) is 20.9 Å². The van der Waals surface area contributed by atoms with Gasteiger partial charge in [0.15, 0.2) is 0 Å². The van der Waals surface area contributed by atoms with Crippen molar-refractivity contribution in [3.05, 3.63) is 83.7 Å². The SMILES string of the molecule is C[C@H](N)C(=O)N[C@H](C)C(=O)N[C@@H](CC(N)=O)C(=O)NCCCN(C(=O)CSCCC(=O)N[C@H](CC(=O)OC(C)(C)C)C(=O)OC(C)(C)C)[C@@H](c1cc(-c2cc(F)ccc2F)cn1Cc1ccccc1)C(C)(C)C. The van der Waals surface area contributed by atoms with E-state index in [2.05, 4.69) is 21.3 Å². The van der Waals surface area contributed by atoms with Crippen LogP contribution in [0.1, 0.15) is 119 Å². The summed E-state index contributed by atoms with van der Waals surface area (Å²) in [6.45, 7) is 18.8. The molecule has 0 aliphatic carbocycles. The maximum absolute atomic E-state index is 15.4. The van der Waals surface area contributed by atoms with Crippen LogP contribution in [0.4, 0.5) is 8.78 Å². The molecule has 0 spiro atoms. The third kappa shape index (κ3) is 21.0. The summed E-state index contributed by atoms with van der Waals surface area (Å²) in [5.74, 6) is -6.83. The van der Waals surface area contributed by atoms with Gasteiger partial charge in [-0.2, -0.15) is 11.8 Å². The summed E-state index contributed by atoms with van der Waals surface area (Å²) in [7, 11) is 0. The number of aromatic nitrogens is 1. The van der Waals surface area contributed by atoms with Crippen molar-refractivity contribution < 1.29 is 56.6 Å². The highest BCUT2D eigenvalue weighted by Gasteiger charge is 2.38.